The molecule has 0 unspecified atom stereocenters. The minimum absolute atomic E-state index is 0. The minimum Gasteiger partial charge on any atom is -0.481 e. The second-order valence-corrected chi connectivity index (χ2v) is 2.70. The van der Waals surface area contributed by atoms with E-state index in [1.165, 1.54) is 0 Å². The van der Waals surface area contributed by atoms with Crippen LogP contribution >= 0.6 is 0 Å². The molecule has 0 bridgehead atoms. The van der Waals surface area contributed by atoms with E-state index in [0.717, 1.165) is 19.3 Å². The Morgan fingerprint density at radius 1 is 1.64 bits per heavy atom. The van der Waals surface area contributed by atoms with E-state index in [0.29, 0.717) is 12.3 Å². The predicted octanol–water partition coefficient (Wildman–Crippen LogP) is 2.10. The summed E-state index contributed by atoms with van der Waals surface area (Å²) in [5, 5.41) is 8.37. The molecule has 0 aliphatic carbocycles. The molecule has 1 N–H and O–H groups in total. The Kier molecular flexibility index (Phi) is 10.3. The number of carboxylic acids is 1. The number of unbranched alkanes of at least 4 members (excludes halogenated alkanes) is 1. The van der Waals surface area contributed by atoms with Crippen molar-refractivity contribution >= 4 is 5.97 Å². The van der Waals surface area contributed by atoms with E-state index in [1.807, 2.05) is 6.92 Å². The summed E-state index contributed by atoms with van der Waals surface area (Å²) in [5.41, 5.74) is 0. The molecule has 0 heterocycles. The van der Waals surface area contributed by atoms with E-state index < -0.39 is 5.97 Å². The van der Waals surface area contributed by atoms with E-state index >= 15 is 0 Å². The van der Waals surface area contributed by atoms with E-state index in [-0.39, 0.29) is 21.1 Å². The van der Waals surface area contributed by atoms with Gasteiger partial charge in [-0.2, -0.15) is 6.42 Å². The number of carboxylic acid groups (broad SMARTS) is 1. The maximum Gasteiger partial charge on any atom is 0.303 e. The predicted molar refractivity (Wildman–Crippen MR) is 40.6 cm³/mol. The summed E-state index contributed by atoms with van der Waals surface area (Å²) in [5.74, 6) is -0.393. The SMILES string of the molecule is [CH2-]CCC[C@H](C)CC(=O)O.[W]. The van der Waals surface area contributed by atoms with Crippen molar-refractivity contribution in [3.05, 3.63) is 6.92 Å². The smallest absolute Gasteiger partial charge is 0.303 e. The van der Waals surface area contributed by atoms with Crippen LogP contribution < -0.4 is 0 Å². The van der Waals surface area contributed by atoms with Crippen LogP contribution in [0.2, 0.25) is 0 Å². The van der Waals surface area contributed by atoms with Crippen LogP contribution in [0.1, 0.15) is 32.6 Å². The summed E-state index contributed by atoms with van der Waals surface area (Å²) in [7, 11) is 0. The monoisotopic (exact) mass is 327 g/mol. The Balaban J connectivity index is 0. The van der Waals surface area contributed by atoms with Gasteiger partial charge in [-0.1, -0.05) is 19.8 Å². The number of rotatable bonds is 5. The van der Waals surface area contributed by atoms with Crippen LogP contribution in [0.5, 0.6) is 0 Å². The summed E-state index contributed by atoms with van der Waals surface area (Å²) in [4.78, 5) is 10.2. The van der Waals surface area contributed by atoms with Crippen molar-refractivity contribution in [1.82, 2.24) is 0 Å². The van der Waals surface area contributed by atoms with Crippen molar-refractivity contribution in [2.45, 2.75) is 32.6 Å². The van der Waals surface area contributed by atoms with Crippen LogP contribution in [0, 0.1) is 12.8 Å². The van der Waals surface area contributed by atoms with Crippen molar-refractivity contribution in [3.63, 3.8) is 0 Å². The van der Waals surface area contributed by atoms with Gasteiger partial charge in [-0.15, -0.1) is 0 Å². The van der Waals surface area contributed by atoms with Gasteiger partial charge in [-0.25, -0.2) is 0 Å². The van der Waals surface area contributed by atoms with E-state index in [1.54, 1.807) is 0 Å². The van der Waals surface area contributed by atoms with Gasteiger partial charge in [0.2, 0.25) is 0 Å². The zero-order valence-electron chi connectivity index (χ0n) is 6.88. The fourth-order valence-corrected chi connectivity index (χ4v) is 0.893. The zero-order valence-corrected chi connectivity index (χ0v) is 9.81. The third kappa shape index (κ3) is 10.2. The minimum atomic E-state index is -0.698. The van der Waals surface area contributed by atoms with E-state index in [4.69, 9.17) is 5.11 Å². The van der Waals surface area contributed by atoms with Gasteiger partial charge in [0, 0.05) is 27.5 Å². The molecular weight excluding hydrogens is 312 g/mol. The van der Waals surface area contributed by atoms with Gasteiger partial charge in [-0.3, -0.25) is 4.79 Å². The Hall–Kier alpha value is 0.158. The molecule has 66 valence electrons. The molecule has 0 saturated carbocycles. The summed E-state index contributed by atoms with van der Waals surface area (Å²) < 4.78 is 0. The first kappa shape index (κ1) is 13.7. The Morgan fingerprint density at radius 3 is 2.55 bits per heavy atom. The number of hydrogen-bond donors (Lipinski definition) is 1. The molecule has 0 aromatic heterocycles. The first-order valence-corrected chi connectivity index (χ1v) is 3.68. The molecule has 3 heteroatoms. The zero-order chi connectivity index (χ0) is 7.98. The maximum atomic E-state index is 10.2. The van der Waals surface area contributed by atoms with E-state index in [9.17, 15) is 4.79 Å². The number of hydrogen-bond acceptors (Lipinski definition) is 1. The standard InChI is InChI=1S/C8H15O2.W/c1-3-4-5-7(2)6-8(9)10;/h7H,1,3-6H2,2H3,(H,9,10);/q-1;/t7-;/m0./s1. The Bertz CT molecular complexity index is 104. The fourth-order valence-electron chi connectivity index (χ4n) is 0.893. The molecule has 0 aliphatic rings. The van der Waals surface area contributed by atoms with Crippen LogP contribution in [0.3, 0.4) is 0 Å². The molecule has 2 nitrogen and oxygen atoms in total. The van der Waals surface area contributed by atoms with Gasteiger partial charge in [0.1, 0.15) is 0 Å². The van der Waals surface area contributed by atoms with Gasteiger partial charge in [0.05, 0.1) is 0 Å². The fraction of sp³-hybridized carbons (Fsp3) is 0.750. The van der Waals surface area contributed by atoms with Crippen molar-refractivity contribution in [2.24, 2.45) is 5.92 Å². The van der Waals surface area contributed by atoms with Crippen molar-refractivity contribution in [3.8, 4) is 0 Å². The quantitative estimate of drug-likeness (QED) is 0.786. The molecule has 0 saturated heterocycles. The van der Waals surface area contributed by atoms with Gasteiger partial charge in [0.25, 0.3) is 0 Å². The topological polar surface area (TPSA) is 37.3 Å². The first-order valence-electron chi connectivity index (χ1n) is 3.68. The molecular formula is C8H15O2W-. The molecule has 0 aromatic carbocycles. The van der Waals surface area contributed by atoms with Crippen LogP contribution in [-0.4, -0.2) is 11.1 Å². The van der Waals surface area contributed by atoms with Gasteiger partial charge in [0.15, 0.2) is 0 Å². The molecule has 0 aromatic rings. The van der Waals surface area contributed by atoms with E-state index in [2.05, 4.69) is 6.92 Å². The molecule has 0 radical (unpaired) electrons. The van der Waals surface area contributed by atoms with Crippen molar-refractivity contribution < 1.29 is 31.0 Å². The second kappa shape index (κ2) is 8.26. The number of aliphatic carboxylic acids is 1. The number of carbonyl (C=O) groups is 1. The Labute approximate surface area is 82.6 Å². The van der Waals surface area contributed by atoms with Gasteiger partial charge < -0.3 is 12.0 Å². The van der Waals surface area contributed by atoms with Crippen LogP contribution in [0.25, 0.3) is 0 Å². The molecule has 0 fully saturated rings. The Morgan fingerprint density at radius 2 is 2.18 bits per heavy atom. The first-order chi connectivity index (χ1) is 4.66. The molecule has 1 atom stereocenters. The van der Waals surface area contributed by atoms with Crippen molar-refractivity contribution in [1.29, 1.82) is 0 Å². The second-order valence-electron chi connectivity index (χ2n) is 2.70. The summed E-state index contributed by atoms with van der Waals surface area (Å²) in [6, 6.07) is 0. The van der Waals surface area contributed by atoms with Crippen LogP contribution in [0.4, 0.5) is 0 Å². The third-order valence-corrected chi connectivity index (χ3v) is 1.47. The average molecular weight is 327 g/mol. The summed E-state index contributed by atoms with van der Waals surface area (Å²) in [6.07, 6.45) is 3.22. The van der Waals surface area contributed by atoms with Gasteiger partial charge >= 0.3 is 5.97 Å². The molecule has 0 amide bonds. The molecule has 0 aliphatic heterocycles. The van der Waals surface area contributed by atoms with Gasteiger partial charge in [-0.05, 0) is 5.92 Å². The molecule has 0 rings (SSSR count). The van der Waals surface area contributed by atoms with Crippen LogP contribution in [-0.2, 0) is 25.9 Å². The summed E-state index contributed by atoms with van der Waals surface area (Å²) >= 11 is 0. The molecule has 11 heavy (non-hydrogen) atoms. The third-order valence-electron chi connectivity index (χ3n) is 1.47. The normalized spacial score (nSPS) is 11.8. The van der Waals surface area contributed by atoms with Crippen LogP contribution in [0.15, 0.2) is 0 Å². The maximum absolute atomic E-state index is 10.2. The van der Waals surface area contributed by atoms with Crippen molar-refractivity contribution in [2.75, 3.05) is 0 Å². The molecule has 0 spiro atoms. The summed E-state index contributed by atoms with van der Waals surface area (Å²) in [6.45, 7) is 5.65. The largest absolute Gasteiger partial charge is 0.481 e. The average Bonchev–Trinajstić information content (AvgIpc) is 1.82.